The van der Waals surface area contributed by atoms with E-state index in [4.69, 9.17) is 4.98 Å². The van der Waals surface area contributed by atoms with E-state index in [-0.39, 0.29) is 5.91 Å². The number of rotatable bonds is 4. The van der Waals surface area contributed by atoms with Crippen LogP contribution < -0.4 is 5.32 Å². The Hall–Kier alpha value is -3.77. The van der Waals surface area contributed by atoms with Crippen LogP contribution in [0.2, 0.25) is 0 Å². The van der Waals surface area contributed by atoms with E-state index < -0.39 is 0 Å². The van der Waals surface area contributed by atoms with Crippen LogP contribution in [0, 0.1) is 20.8 Å². The Morgan fingerprint density at radius 3 is 2.34 bits per heavy atom. The Labute approximate surface area is 190 Å². The van der Waals surface area contributed by atoms with Gasteiger partial charge in [0, 0.05) is 22.5 Å². The lowest BCUT2D eigenvalue weighted by Gasteiger charge is -2.08. The molecule has 0 unspecified atom stereocenters. The number of nitrogens with one attached hydrogen (secondary N) is 1. The third-order valence-corrected chi connectivity index (χ3v) is 6.38. The molecule has 0 atom stereocenters. The van der Waals surface area contributed by atoms with Crippen molar-refractivity contribution >= 4 is 33.1 Å². The minimum Gasteiger partial charge on any atom is -0.322 e. The molecule has 0 saturated heterocycles. The Morgan fingerprint density at radius 2 is 1.66 bits per heavy atom. The first-order valence-corrected chi connectivity index (χ1v) is 11.2. The highest BCUT2D eigenvalue weighted by atomic mass is 32.1. The molecule has 5 nitrogen and oxygen atoms in total. The minimum atomic E-state index is -0.145. The molecule has 0 fully saturated rings. The summed E-state index contributed by atoms with van der Waals surface area (Å²) in [6.45, 7) is 6.07. The second kappa shape index (κ2) is 8.05. The molecule has 0 saturated carbocycles. The van der Waals surface area contributed by atoms with Crippen LogP contribution in [0.1, 0.15) is 27.3 Å². The van der Waals surface area contributed by atoms with Crippen LogP contribution in [0.3, 0.4) is 0 Å². The van der Waals surface area contributed by atoms with E-state index in [0.717, 1.165) is 38.9 Å². The maximum atomic E-state index is 12.7. The molecule has 3 aromatic carbocycles. The maximum Gasteiger partial charge on any atom is 0.255 e. The normalized spacial score (nSPS) is 11.1. The van der Waals surface area contributed by atoms with Gasteiger partial charge in [-0.2, -0.15) is 5.10 Å². The molecule has 0 spiro atoms. The molecule has 0 aliphatic rings. The third-order valence-electron chi connectivity index (χ3n) is 5.32. The highest BCUT2D eigenvalue weighted by Gasteiger charge is 2.10. The zero-order valence-corrected chi connectivity index (χ0v) is 18.9. The fraction of sp³-hybridized carbons (Fsp3) is 0.115. The number of carbonyl (C=O) groups is 1. The van der Waals surface area contributed by atoms with Crippen LogP contribution in [0.15, 0.2) is 72.8 Å². The van der Waals surface area contributed by atoms with Crippen molar-refractivity contribution in [2.75, 3.05) is 5.32 Å². The number of carbonyl (C=O) groups excluding carboxylic acids is 1. The van der Waals surface area contributed by atoms with Gasteiger partial charge in [-0.1, -0.05) is 6.07 Å². The number of nitrogens with zero attached hydrogens (tertiary/aromatic N) is 3. The molecular weight excluding hydrogens is 416 g/mol. The van der Waals surface area contributed by atoms with Gasteiger partial charge in [0.15, 0.2) is 0 Å². The number of hydrogen-bond acceptors (Lipinski definition) is 4. The van der Waals surface area contributed by atoms with Crippen molar-refractivity contribution in [2.24, 2.45) is 0 Å². The molecule has 32 heavy (non-hydrogen) atoms. The zero-order chi connectivity index (χ0) is 22.2. The second-order valence-electron chi connectivity index (χ2n) is 7.91. The van der Waals surface area contributed by atoms with Crippen molar-refractivity contribution in [1.82, 2.24) is 14.8 Å². The van der Waals surface area contributed by atoms with Crippen molar-refractivity contribution in [3.05, 3.63) is 95.3 Å². The zero-order valence-electron chi connectivity index (χ0n) is 18.1. The van der Waals surface area contributed by atoms with Crippen LogP contribution in [0.5, 0.6) is 0 Å². The SMILES string of the molecule is Cc1ccc2nc(-c3ccc(NC(=O)c4ccc(-n5nc(C)cc5C)cc4)cc3)sc2c1. The monoisotopic (exact) mass is 438 g/mol. The number of anilines is 1. The minimum absolute atomic E-state index is 0.145. The fourth-order valence-corrected chi connectivity index (χ4v) is 4.77. The van der Waals surface area contributed by atoms with E-state index in [9.17, 15) is 4.79 Å². The van der Waals surface area contributed by atoms with Gasteiger partial charge >= 0.3 is 0 Å². The summed E-state index contributed by atoms with van der Waals surface area (Å²) in [5, 5.41) is 8.43. The van der Waals surface area contributed by atoms with Crippen LogP contribution in [0.4, 0.5) is 5.69 Å². The quantitative estimate of drug-likeness (QED) is 0.357. The number of amides is 1. The standard InChI is InChI=1S/C26H22N4OS/c1-16-4-13-23-24(14-16)32-26(28-23)20-5-9-21(10-6-20)27-25(31)19-7-11-22(12-8-19)30-18(3)15-17(2)29-30/h4-15H,1-3H3,(H,27,31). The molecule has 0 bridgehead atoms. The Balaban J connectivity index is 1.30. The smallest absolute Gasteiger partial charge is 0.255 e. The Morgan fingerprint density at radius 1 is 0.906 bits per heavy atom. The van der Waals surface area contributed by atoms with Gasteiger partial charge in [-0.3, -0.25) is 4.79 Å². The lowest BCUT2D eigenvalue weighted by atomic mass is 10.1. The lowest BCUT2D eigenvalue weighted by molar-refractivity contribution is 0.102. The van der Waals surface area contributed by atoms with E-state index in [2.05, 4.69) is 35.5 Å². The number of aryl methyl sites for hydroxylation is 3. The number of benzene rings is 3. The number of thiazole rings is 1. The van der Waals surface area contributed by atoms with Gasteiger partial charge in [-0.25, -0.2) is 9.67 Å². The van der Waals surface area contributed by atoms with E-state index in [1.165, 1.54) is 10.3 Å². The summed E-state index contributed by atoms with van der Waals surface area (Å²) in [4.78, 5) is 17.4. The second-order valence-corrected chi connectivity index (χ2v) is 8.94. The fourth-order valence-electron chi connectivity index (χ4n) is 3.70. The molecule has 1 N–H and O–H groups in total. The van der Waals surface area contributed by atoms with E-state index in [1.54, 1.807) is 11.3 Å². The highest BCUT2D eigenvalue weighted by molar-refractivity contribution is 7.21. The van der Waals surface area contributed by atoms with E-state index >= 15 is 0 Å². The lowest BCUT2D eigenvalue weighted by Crippen LogP contribution is -2.12. The van der Waals surface area contributed by atoms with Crippen molar-refractivity contribution in [1.29, 1.82) is 0 Å². The molecule has 2 heterocycles. The van der Waals surface area contributed by atoms with Gasteiger partial charge in [0.1, 0.15) is 5.01 Å². The summed E-state index contributed by atoms with van der Waals surface area (Å²) < 4.78 is 3.06. The molecule has 0 radical (unpaired) electrons. The van der Waals surface area contributed by atoms with Crippen molar-refractivity contribution < 1.29 is 4.79 Å². The highest BCUT2D eigenvalue weighted by Crippen LogP contribution is 2.31. The number of hydrogen-bond donors (Lipinski definition) is 1. The van der Waals surface area contributed by atoms with Crippen LogP contribution in [-0.4, -0.2) is 20.7 Å². The Bertz CT molecular complexity index is 1430. The summed E-state index contributed by atoms with van der Waals surface area (Å²) in [7, 11) is 0. The van der Waals surface area contributed by atoms with Crippen LogP contribution >= 0.6 is 11.3 Å². The summed E-state index contributed by atoms with van der Waals surface area (Å²) in [6, 6.07) is 23.6. The topological polar surface area (TPSA) is 59.8 Å². The van der Waals surface area contributed by atoms with Gasteiger partial charge in [0.2, 0.25) is 0 Å². The molecule has 0 aliphatic heterocycles. The first-order chi connectivity index (χ1) is 15.5. The third kappa shape index (κ3) is 3.92. The van der Waals surface area contributed by atoms with E-state index in [0.29, 0.717) is 5.56 Å². The molecule has 5 aromatic rings. The largest absolute Gasteiger partial charge is 0.322 e. The average molecular weight is 439 g/mol. The van der Waals surface area contributed by atoms with Gasteiger partial charge in [0.05, 0.1) is 21.6 Å². The van der Waals surface area contributed by atoms with Gasteiger partial charge in [-0.05, 0) is 93.1 Å². The predicted molar refractivity (Wildman–Crippen MR) is 131 cm³/mol. The van der Waals surface area contributed by atoms with Gasteiger partial charge in [0.25, 0.3) is 5.91 Å². The summed E-state index contributed by atoms with van der Waals surface area (Å²) in [6.07, 6.45) is 0. The molecule has 158 valence electrons. The summed E-state index contributed by atoms with van der Waals surface area (Å²) >= 11 is 1.68. The average Bonchev–Trinajstić information content (AvgIpc) is 3.36. The number of aromatic nitrogens is 3. The first kappa shape index (κ1) is 20.2. The summed E-state index contributed by atoms with van der Waals surface area (Å²) in [5.41, 5.74) is 7.58. The molecule has 6 heteroatoms. The van der Waals surface area contributed by atoms with Crippen LogP contribution in [-0.2, 0) is 0 Å². The number of fused-ring (bicyclic) bond motifs is 1. The molecular formula is C26H22N4OS. The first-order valence-electron chi connectivity index (χ1n) is 10.4. The van der Waals surface area contributed by atoms with Crippen LogP contribution in [0.25, 0.3) is 26.5 Å². The molecule has 5 rings (SSSR count). The Kier molecular flexibility index (Phi) is 5.07. The van der Waals surface area contributed by atoms with Gasteiger partial charge in [-0.15, -0.1) is 11.3 Å². The van der Waals surface area contributed by atoms with Crippen molar-refractivity contribution in [3.8, 4) is 16.3 Å². The summed E-state index contributed by atoms with van der Waals surface area (Å²) in [5.74, 6) is -0.145. The molecule has 2 aromatic heterocycles. The predicted octanol–water partition coefficient (Wildman–Crippen LogP) is 6.33. The molecule has 1 amide bonds. The van der Waals surface area contributed by atoms with E-state index in [1.807, 2.05) is 73.1 Å². The van der Waals surface area contributed by atoms with Gasteiger partial charge < -0.3 is 5.32 Å². The van der Waals surface area contributed by atoms with Crippen molar-refractivity contribution in [3.63, 3.8) is 0 Å². The maximum absolute atomic E-state index is 12.7. The molecule has 0 aliphatic carbocycles. The van der Waals surface area contributed by atoms with Crippen molar-refractivity contribution in [2.45, 2.75) is 20.8 Å².